The lowest BCUT2D eigenvalue weighted by atomic mass is 10.1. The average molecular weight is 340 g/mol. The maximum Gasteiger partial charge on any atom is 0.335 e. The Balaban J connectivity index is 2.02. The molecule has 0 aliphatic carbocycles. The van der Waals surface area contributed by atoms with Gasteiger partial charge in [-0.2, -0.15) is 11.3 Å². The van der Waals surface area contributed by atoms with E-state index in [1.807, 2.05) is 6.07 Å². The summed E-state index contributed by atoms with van der Waals surface area (Å²) in [6.45, 7) is 2.80. The van der Waals surface area contributed by atoms with Gasteiger partial charge in [-0.1, -0.05) is 22.0 Å². The monoisotopic (exact) mass is 339 g/mol. The van der Waals surface area contributed by atoms with Gasteiger partial charge in [0.25, 0.3) is 0 Å². The fraction of sp³-hybridized carbons (Fsp3) is 0.214. The number of rotatable bonds is 5. The van der Waals surface area contributed by atoms with Crippen molar-refractivity contribution in [2.75, 3.05) is 0 Å². The van der Waals surface area contributed by atoms with E-state index in [0.717, 1.165) is 10.0 Å². The van der Waals surface area contributed by atoms with Crippen molar-refractivity contribution in [3.05, 3.63) is 56.2 Å². The van der Waals surface area contributed by atoms with Crippen LogP contribution in [-0.2, 0) is 6.54 Å². The van der Waals surface area contributed by atoms with Crippen molar-refractivity contribution < 1.29 is 9.90 Å². The summed E-state index contributed by atoms with van der Waals surface area (Å²) in [5.41, 5.74) is 2.61. The molecule has 0 saturated carbocycles. The number of nitrogens with one attached hydrogen (secondary N) is 1. The Bertz CT molecular complexity index is 569. The molecule has 0 bridgehead atoms. The molecule has 2 N–H and O–H groups in total. The van der Waals surface area contributed by atoms with Crippen LogP contribution < -0.4 is 5.32 Å². The van der Waals surface area contributed by atoms with Crippen molar-refractivity contribution in [3.8, 4) is 0 Å². The summed E-state index contributed by atoms with van der Waals surface area (Å²) in [4.78, 5) is 10.9. The SMILES string of the molecule is CC(NCc1ccc(C(=O)O)cc1Br)c1ccsc1. The van der Waals surface area contributed by atoms with Gasteiger partial charge in [0.1, 0.15) is 0 Å². The van der Waals surface area contributed by atoms with Crippen LogP contribution in [0.4, 0.5) is 0 Å². The third-order valence-electron chi connectivity index (χ3n) is 2.94. The summed E-state index contributed by atoms with van der Waals surface area (Å²) in [7, 11) is 0. The number of benzene rings is 1. The number of hydrogen-bond acceptors (Lipinski definition) is 3. The highest BCUT2D eigenvalue weighted by Crippen LogP contribution is 2.21. The lowest BCUT2D eigenvalue weighted by Crippen LogP contribution is -2.17. The number of carboxylic acids is 1. The largest absolute Gasteiger partial charge is 0.478 e. The van der Waals surface area contributed by atoms with E-state index >= 15 is 0 Å². The fourth-order valence-electron chi connectivity index (χ4n) is 1.73. The topological polar surface area (TPSA) is 49.3 Å². The number of aromatic carboxylic acids is 1. The summed E-state index contributed by atoms with van der Waals surface area (Å²) in [5, 5.41) is 16.5. The lowest BCUT2D eigenvalue weighted by Gasteiger charge is -2.13. The number of halogens is 1. The first-order chi connectivity index (χ1) is 9.08. The van der Waals surface area contributed by atoms with Crippen LogP contribution in [0.25, 0.3) is 0 Å². The van der Waals surface area contributed by atoms with Gasteiger partial charge >= 0.3 is 5.97 Å². The standard InChI is InChI=1S/C14H14BrNO2S/c1-9(12-4-5-19-8-12)16-7-11-3-2-10(14(17)18)6-13(11)15/h2-6,8-9,16H,7H2,1H3,(H,17,18). The summed E-state index contributed by atoms with van der Waals surface area (Å²) in [6, 6.07) is 7.47. The molecule has 100 valence electrons. The zero-order valence-electron chi connectivity index (χ0n) is 10.4. The predicted molar refractivity (Wildman–Crippen MR) is 80.7 cm³/mol. The molecule has 3 nitrogen and oxygen atoms in total. The number of hydrogen-bond donors (Lipinski definition) is 2. The molecule has 1 atom stereocenters. The third-order valence-corrected chi connectivity index (χ3v) is 4.38. The molecule has 1 unspecified atom stereocenters. The Kier molecular flexibility index (Phi) is 4.74. The first-order valence-electron chi connectivity index (χ1n) is 5.85. The minimum atomic E-state index is -0.910. The molecule has 0 saturated heterocycles. The van der Waals surface area contributed by atoms with Crippen LogP contribution >= 0.6 is 27.3 Å². The van der Waals surface area contributed by atoms with E-state index in [1.165, 1.54) is 5.56 Å². The first kappa shape index (κ1) is 14.2. The van der Waals surface area contributed by atoms with Gasteiger partial charge in [0.15, 0.2) is 0 Å². The second kappa shape index (κ2) is 6.32. The van der Waals surface area contributed by atoms with Crippen LogP contribution in [-0.4, -0.2) is 11.1 Å². The molecule has 19 heavy (non-hydrogen) atoms. The van der Waals surface area contributed by atoms with Crippen LogP contribution in [0, 0.1) is 0 Å². The highest BCUT2D eigenvalue weighted by atomic mass is 79.9. The highest BCUT2D eigenvalue weighted by molar-refractivity contribution is 9.10. The van der Waals surface area contributed by atoms with Crippen LogP contribution in [0.3, 0.4) is 0 Å². The maximum atomic E-state index is 10.9. The van der Waals surface area contributed by atoms with E-state index in [1.54, 1.807) is 23.5 Å². The molecular weight excluding hydrogens is 326 g/mol. The molecule has 1 aromatic heterocycles. The fourth-order valence-corrected chi connectivity index (χ4v) is 3.00. The molecule has 0 amide bonds. The summed E-state index contributed by atoms with van der Waals surface area (Å²) < 4.78 is 0.817. The van der Waals surface area contributed by atoms with Crippen LogP contribution in [0.1, 0.15) is 34.5 Å². The van der Waals surface area contributed by atoms with Crippen molar-refractivity contribution >= 4 is 33.2 Å². The Hall–Kier alpha value is -1.17. The van der Waals surface area contributed by atoms with Gasteiger partial charge in [-0.05, 0) is 47.0 Å². The van der Waals surface area contributed by atoms with Crippen LogP contribution in [0.15, 0.2) is 39.5 Å². The zero-order valence-corrected chi connectivity index (χ0v) is 12.8. The van der Waals surface area contributed by atoms with Gasteiger partial charge in [0.2, 0.25) is 0 Å². The molecular formula is C14H14BrNO2S. The molecule has 0 spiro atoms. The highest BCUT2D eigenvalue weighted by Gasteiger charge is 2.09. The van der Waals surface area contributed by atoms with Gasteiger partial charge in [0, 0.05) is 17.1 Å². The molecule has 5 heteroatoms. The number of carbonyl (C=O) groups is 1. The van der Waals surface area contributed by atoms with Crippen molar-refractivity contribution in [1.82, 2.24) is 5.32 Å². The van der Waals surface area contributed by atoms with Gasteiger partial charge in [-0.25, -0.2) is 4.79 Å². The summed E-state index contributed by atoms with van der Waals surface area (Å²) >= 11 is 5.10. The Morgan fingerprint density at radius 2 is 2.26 bits per heavy atom. The number of thiophene rings is 1. The molecule has 2 rings (SSSR count). The lowest BCUT2D eigenvalue weighted by molar-refractivity contribution is 0.0697. The molecule has 0 aliphatic heterocycles. The van der Waals surface area contributed by atoms with Crippen LogP contribution in [0.2, 0.25) is 0 Å². The number of carboxylic acid groups (broad SMARTS) is 1. The van der Waals surface area contributed by atoms with Gasteiger partial charge in [-0.3, -0.25) is 0 Å². The van der Waals surface area contributed by atoms with E-state index < -0.39 is 5.97 Å². The smallest absolute Gasteiger partial charge is 0.335 e. The minimum absolute atomic E-state index is 0.275. The van der Waals surface area contributed by atoms with Crippen molar-refractivity contribution in [1.29, 1.82) is 0 Å². The molecule has 1 heterocycles. The van der Waals surface area contributed by atoms with E-state index in [2.05, 4.69) is 45.0 Å². The Morgan fingerprint density at radius 3 is 2.84 bits per heavy atom. The molecule has 0 aliphatic rings. The minimum Gasteiger partial charge on any atom is -0.478 e. The Morgan fingerprint density at radius 1 is 1.47 bits per heavy atom. The average Bonchev–Trinajstić information content (AvgIpc) is 2.90. The molecule has 2 aromatic rings. The van der Waals surface area contributed by atoms with E-state index in [-0.39, 0.29) is 6.04 Å². The van der Waals surface area contributed by atoms with Crippen molar-refractivity contribution in [2.45, 2.75) is 19.5 Å². The quantitative estimate of drug-likeness (QED) is 0.863. The third kappa shape index (κ3) is 3.65. The maximum absolute atomic E-state index is 10.9. The normalized spacial score (nSPS) is 12.3. The second-order valence-corrected chi connectivity index (χ2v) is 5.90. The first-order valence-corrected chi connectivity index (χ1v) is 7.58. The Labute approximate surface area is 124 Å². The molecule has 1 aromatic carbocycles. The van der Waals surface area contributed by atoms with E-state index in [0.29, 0.717) is 12.1 Å². The second-order valence-electron chi connectivity index (χ2n) is 4.27. The molecule has 0 radical (unpaired) electrons. The van der Waals surface area contributed by atoms with E-state index in [4.69, 9.17) is 5.11 Å². The summed E-state index contributed by atoms with van der Waals surface area (Å²) in [6.07, 6.45) is 0. The molecule has 0 fully saturated rings. The van der Waals surface area contributed by atoms with Gasteiger partial charge in [-0.15, -0.1) is 0 Å². The van der Waals surface area contributed by atoms with Crippen molar-refractivity contribution in [3.63, 3.8) is 0 Å². The van der Waals surface area contributed by atoms with Crippen LogP contribution in [0.5, 0.6) is 0 Å². The summed E-state index contributed by atoms with van der Waals surface area (Å²) in [5.74, 6) is -0.910. The van der Waals surface area contributed by atoms with Gasteiger partial charge in [0.05, 0.1) is 5.56 Å². The van der Waals surface area contributed by atoms with Gasteiger partial charge < -0.3 is 10.4 Å². The zero-order chi connectivity index (χ0) is 13.8. The van der Waals surface area contributed by atoms with Crippen molar-refractivity contribution in [2.24, 2.45) is 0 Å². The van der Waals surface area contributed by atoms with E-state index in [9.17, 15) is 4.79 Å². The predicted octanol–water partition coefficient (Wildman–Crippen LogP) is 4.06.